The number of anilines is 1. The second-order valence-corrected chi connectivity index (χ2v) is 10.2. The van der Waals surface area contributed by atoms with Gasteiger partial charge in [0.15, 0.2) is 0 Å². The average molecular weight is 551 g/mol. The fourth-order valence-corrected chi connectivity index (χ4v) is 4.07. The quantitative estimate of drug-likeness (QED) is 0.421. The van der Waals surface area contributed by atoms with Crippen molar-refractivity contribution >= 4 is 23.8 Å². The maximum atomic E-state index is 14.0. The van der Waals surface area contributed by atoms with Gasteiger partial charge in [0.2, 0.25) is 5.88 Å². The number of rotatable bonds is 6. The van der Waals surface area contributed by atoms with E-state index in [0.29, 0.717) is 5.88 Å². The van der Waals surface area contributed by atoms with E-state index in [4.69, 9.17) is 14.2 Å². The van der Waals surface area contributed by atoms with Gasteiger partial charge >= 0.3 is 18.1 Å². The summed E-state index contributed by atoms with van der Waals surface area (Å²) < 4.78 is 30.3. The minimum atomic E-state index is -0.878. The Hall–Kier alpha value is -4.67. The van der Waals surface area contributed by atoms with Crippen LogP contribution in [0.15, 0.2) is 66.9 Å². The minimum absolute atomic E-state index is 0.000892. The molecular weight excluding hydrogens is 519 g/mol. The molecule has 210 valence electrons. The summed E-state index contributed by atoms with van der Waals surface area (Å²) in [5, 5.41) is 5.13. The molecule has 3 aromatic rings. The minimum Gasteiger partial charge on any atom is -0.481 e. The number of pyridine rings is 1. The largest absolute Gasteiger partial charge is 0.481 e. The summed E-state index contributed by atoms with van der Waals surface area (Å²) in [5.41, 5.74) is 1.22. The van der Waals surface area contributed by atoms with Gasteiger partial charge in [-0.15, -0.1) is 0 Å². The maximum Gasteiger partial charge on any atom is 0.410 e. The summed E-state index contributed by atoms with van der Waals surface area (Å²) in [4.78, 5) is 44.0. The second-order valence-electron chi connectivity index (χ2n) is 10.2. The van der Waals surface area contributed by atoms with Gasteiger partial charge < -0.3 is 29.7 Å². The van der Waals surface area contributed by atoms with Gasteiger partial charge in [0.1, 0.15) is 17.5 Å². The highest BCUT2D eigenvalue weighted by Crippen LogP contribution is 2.23. The lowest BCUT2D eigenvalue weighted by Gasteiger charge is -2.24. The first-order chi connectivity index (χ1) is 19.0. The Bertz CT molecular complexity index is 1360. The Kier molecular flexibility index (Phi) is 8.52. The van der Waals surface area contributed by atoms with Crippen molar-refractivity contribution < 1.29 is 33.0 Å². The van der Waals surface area contributed by atoms with E-state index >= 15 is 0 Å². The zero-order valence-corrected chi connectivity index (χ0v) is 22.6. The molecule has 2 N–H and O–H groups in total. The van der Waals surface area contributed by atoms with Crippen LogP contribution < -0.4 is 15.4 Å². The zero-order chi connectivity index (χ0) is 28.9. The molecule has 0 unspecified atom stereocenters. The molecule has 0 spiro atoms. The molecule has 1 aromatic heterocycles. The van der Waals surface area contributed by atoms with Crippen molar-refractivity contribution in [2.24, 2.45) is 0 Å². The number of nitrogens with one attached hydrogen (secondary N) is 2. The van der Waals surface area contributed by atoms with E-state index in [1.807, 2.05) is 6.07 Å². The van der Waals surface area contributed by atoms with Gasteiger partial charge in [-0.05, 0) is 56.7 Å². The van der Waals surface area contributed by atoms with Gasteiger partial charge in [-0.1, -0.05) is 24.3 Å². The maximum absolute atomic E-state index is 14.0. The number of halogens is 1. The molecule has 1 fully saturated rings. The smallest absolute Gasteiger partial charge is 0.410 e. The summed E-state index contributed by atoms with van der Waals surface area (Å²) >= 11 is 0. The highest BCUT2D eigenvalue weighted by atomic mass is 19.1. The van der Waals surface area contributed by atoms with Crippen molar-refractivity contribution in [3.8, 4) is 17.0 Å². The zero-order valence-electron chi connectivity index (χ0n) is 22.6. The van der Waals surface area contributed by atoms with Crippen molar-refractivity contribution in [2.45, 2.75) is 38.5 Å². The first-order valence-corrected chi connectivity index (χ1v) is 12.6. The number of likely N-dealkylation sites (tertiary alicyclic amines) is 1. The average Bonchev–Trinajstić information content (AvgIpc) is 3.31. The van der Waals surface area contributed by atoms with Crippen molar-refractivity contribution in [3.63, 3.8) is 0 Å². The number of carbonyl (C=O) groups excluding carboxylic acids is 3. The van der Waals surface area contributed by atoms with Crippen LogP contribution in [0.3, 0.4) is 0 Å². The molecule has 1 aliphatic rings. The monoisotopic (exact) mass is 550 g/mol. The van der Waals surface area contributed by atoms with Crippen molar-refractivity contribution in [1.82, 2.24) is 15.2 Å². The number of methoxy groups -OCH3 is 1. The van der Waals surface area contributed by atoms with Gasteiger partial charge in [0.05, 0.1) is 30.9 Å². The van der Waals surface area contributed by atoms with Crippen LogP contribution in [0.25, 0.3) is 11.1 Å². The molecule has 0 saturated carbocycles. The van der Waals surface area contributed by atoms with Crippen LogP contribution in [0.4, 0.5) is 19.7 Å². The third-order valence-electron chi connectivity index (χ3n) is 6.01. The SMILES string of the molecule is COc1ccc(-c2ccc(C(=O)O[C@H]3CN(C(=O)OC(C)(C)C)C[C@@H]3NC(=O)Nc3ccccc3F)cc2)cn1. The normalized spacial score (nSPS) is 16.7. The summed E-state index contributed by atoms with van der Waals surface area (Å²) in [7, 11) is 1.54. The summed E-state index contributed by atoms with van der Waals surface area (Å²) in [6, 6.07) is 14.6. The molecule has 2 atom stereocenters. The van der Waals surface area contributed by atoms with E-state index in [2.05, 4.69) is 15.6 Å². The molecule has 2 aromatic carbocycles. The number of amides is 3. The Balaban J connectivity index is 1.46. The fourth-order valence-electron chi connectivity index (χ4n) is 4.07. The van der Waals surface area contributed by atoms with E-state index in [1.54, 1.807) is 63.4 Å². The number of nitrogens with zero attached hydrogens (tertiary/aromatic N) is 2. The lowest BCUT2D eigenvalue weighted by atomic mass is 10.1. The van der Waals surface area contributed by atoms with Crippen LogP contribution in [-0.2, 0) is 9.47 Å². The number of para-hydroxylation sites is 1. The third kappa shape index (κ3) is 7.25. The fraction of sp³-hybridized carbons (Fsp3) is 0.310. The molecule has 4 rings (SSSR count). The number of aromatic nitrogens is 1. The highest BCUT2D eigenvalue weighted by Gasteiger charge is 2.40. The van der Waals surface area contributed by atoms with Crippen LogP contribution in [0.2, 0.25) is 0 Å². The Labute approximate surface area is 231 Å². The van der Waals surface area contributed by atoms with Crippen LogP contribution in [0, 0.1) is 5.82 Å². The summed E-state index contributed by atoms with van der Waals surface area (Å²) in [5.74, 6) is -0.736. The van der Waals surface area contributed by atoms with E-state index in [-0.39, 0.29) is 24.3 Å². The molecule has 2 heterocycles. The van der Waals surface area contributed by atoms with Crippen molar-refractivity contribution in [3.05, 3.63) is 78.2 Å². The Morgan fingerprint density at radius 2 is 1.68 bits per heavy atom. The lowest BCUT2D eigenvalue weighted by Crippen LogP contribution is -2.46. The Morgan fingerprint density at radius 3 is 2.30 bits per heavy atom. The van der Waals surface area contributed by atoms with Crippen LogP contribution in [-0.4, -0.2) is 65.9 Å². The van der Waals surface area contributed by atoms with E-state index < -0.39 is 41.7 Å². The molecule has 40 heavy (non-hydrogen) atoms. The second kappa shape index (κ2) is 12.0. The molecule has 0 aliphatic carbocycles. The number of carbonyl (C=O) groups is 3. The highest BCUT2D eigenvalue weighted by molar-refractivity contribution is 5.91. The predicted octanol–water partition coefficient (Wildman–Crippen LogP) is 4.86. The summed E-state index contributed by atoms with van der Waals surface area (Å²) in [6.07, 6.45) is 0.181. The van der Waals surface area contributed by atoms with Crippen LogP contribution in [0.1, 0.15) is 31.1 Å². The lowest BCUT2D eigenvalue weighted by molar-refractivity contribution is 0.0180. The number of benzene rings is 2. The Morgan fingerprint density at radius 1 is 0.975 bits per heavy atom. The number of esters is 1. The number of urea groups is 1. The summed E-state index contributed by atoms with van der Waals surface area (Å²) in [6.45, 7) is 5.24. The number of ether oxygens (including phenoxy) is 3. The van der Waals surface area contributed by atoms with Crippen LogP contribution >= 0.6 is 0 Å². The van der Waals surface area contributed by atoms with Gasteiger partial charge in [-0.25, -0.2) is 23.8 Å². The van der Waals surface area contributed by atoms with E-state index in [9.17, 15) is 18.8 Å². The van der Waals surface area contributed by atoms with Crippen molar-refractivity contribution in [1.29, 1.82) is 0 Å². The number of hydrogen-bond donors (Lipinski definition) is 2. The first-order valence-electron chi connectivity index (χ1n) is 12.6. The molecular formula is C29H31FN4O6. The van der Waals surface area contributed by atoms with Gasteiger partial charge in [-0.3, -0.25) is 0 Å². The van der Waals surface area contributed by atoms with Crippen molar-refractivity contribution in [2.75, 3.05) is 25.5 Å². The topological polar surface area (TPSA) is 119 Å². The van der Waals surface area contributed by atoms with E-state index in [1.165, 1.54) is 30.2 Å². The van der Waals surface area contributed by atoms with Gasteiger partial charge in [0, 0.05) is 24.4 Å². The van der Waals surface area contributed by atoms with E-state index in [0.717, 1.165) is 11.1 Å². The molecule has 11 heteroatoms. The molecule has 0 radical (unpaired) electrons. The molecule has 3 amide bonds. The molecule has 1 saturated heterocycles. The third-order valence-corrected chi connectivity index (χ3v) is 6.01. The van der Waals surface area contributed by atoms with Gasteiger partial charge in [-0.2, -0.15) is 0 Å². The standard InChI is InChI=1S/C29H31FN4O6/c1-29(2,3)40-28(37)34-16-23(33-27(36)32-22-8-6-5-7-21(22)30)24(17-34)39-26(35)19-11-9-18(10-12-19)20-13-14-25(38-4)31-15-20/h5-15,23-24H,16-17H2,1-4H3,(H2,32,33,36)/t23-,24-/m0/s1. The predicted molar refractivity (Wildman–Crippen MR) is 146 cm³/mol. The molecule has 10 nitrogen and oxygen atoms in total. The first kappa shape index (κ1) is 28.3. The number of hydrogen-bond acceptors (Lipinski definition) is 7. The molecule has 1 aliphatic heterocycles. The molecule has 0 bridgehead atoms. The van der Waals surface area contributed by atoms with Gasteiger partial charge in [0.25, 0.3) is 0 Å². The van der Waals surface area contributed by atoms with Crippen LogP contribution in [0.5, 0.6) is 5.88 Å².